The highest BCUT2D eigenvalue weighted by molar-refractivity contribution is 5.11. The molecule has 180 valence electrons. The van der Waals surface area contributed by atoms with Crippen molar-refractivity contribution in [3.63, 3.8) is 0 Å². The van der Waals surface area contributed by atoms with Gasteiger partial charge in [-0.25, -0.2) is 0 Å². The van der Waals surface area contributed by atoms with Crippen LogP contribution in [0.1, 0.15) is 105 Å². The molecule has 4 fully saturated rings. The minimum Gasteiger partial charge on any atom is -0.390 e. The van der Waals surface area contributed by atoms with Gasteiger partial charge in [0.2, 0.25) is 0 Å². The second-order valence-corrected chi connectivity index (χ2v) is 13.6. The van der Waals surface area contributed by atoms with E-state index < -0.39 is 11.2 Å². The molecule has 0 saturated heterocycles. The Morgan fingerprint density at radius 1 is 1.00 bits per heavy atom. The van der Waals surface area contributed by atoms with Gasteiger partial charge in [0, 0.05) is 7.11 Å². The van der Waals surface area contributed by atoms with Crippen molar-refractivity contribution in [2.45, 2.75) is 116 Å². The molecule has 0 amide bonds. The highest BCUT2D eigenvalue weighted by atomic mass is 16.5. The predicted molar refractivity (Wildman–Crippen MR) is 127 cm³/mol. The molecule has 0 aromatic rings. The normalized spacial score (nSPS) is 48.6. The number of rotatable bonds is 6. The van der Waals surface area contributed by atoms with Gasteiger partial charge in [-0.1, -0.05) is 13.8 Å². The Morgan fingerprint density at radius 3 is 2.42 bits per heavy atom. The summed E-state index contributed by atoms with van der Waals surface area (Å²) < 4.78 is 5.91. The minimum absolute atomic E-state index is 0.297. The molecule has 0 radical (unpaired) electrons. The van der Waals surface area contributed by atoms with Gasteiger partial charge in [0.1, 0.15) is 0 Å². The van der Waals surface area contributed by atoms with Crippen molar-refractivity contribution in [3.05, 3.63) is 0 Å². The van der Waals surface area contributed by atoms with Crippen LogP contribution < -0.4 is 0 Å². The fraction of sp³-hybridized carbons (Fsp3) is 1.00. The van der Waals surface area contributed by atoms with Gasteiger partial charge in [0.25, 0.3) is 0 Å². The van der Waals surface area contributed by atoms with Gasteiger partial charge >= 0.3 is 0 Å². The minimum atomic E-state index is -0.544. The van der Waals surface area contributed by atoms with Crippen molar-refractivity contribution in [2.75, 3.05) is 13.7 Å². The smallest absolute Gasteiger partial charge is 0.0622 e. The molecule has 2 N–H and O–H groups in total. The first-order valence-electron chi connectivity index (χ1n) is 13.4. The lowest BCUT2D eigenvalue weighted by atomic mass is 9.43. The second kappa shape index (κ2) is 8.27. The molecule has 0 heterocycles. The van der Waals surface area contributed by atoms with E-state index in [1.54, 1.807) is 0 Å². The lowest BCUT2D eigenvalue weighted by Crippen LogP contribution is -2.58. The first kappa shape index (κ1) is 24.0. The molecule has 9 atom stereocenters. The van der Waals surface area contributed by atoms with E-state index in [1.165, 1.54) is 38.5 Å². The van der Waals surface area contributed by atoms with E-state index in [1.807, 2.05) is 21.0 Å². The van der Waals surface area contributed by atoms with Gasteiger partial charge in [-0.3, -0.25) is 0 Å². The van der Waals surface area contributed by atoms with E-state index >= 15 is 0 Å². The van der Waals surface area contributed by atoms with E-state index in [0.717, 1.165) is 62.4 Å². The highest BCUT2D eigenvalue weighted by Gasteiger charge is 2.62. The zero-order chi connectivity index (χ0) is 22.7. The fourth-order valence-electron chi connectivity index (χ4n) is 9.54. The number of methoxy groups -OCH3 is 1. The first-order valence-corrected chi connectivity index (χ1v) is 13.4. The lowest BCUT2D eigenvalue weighted by Gasteiger charge is -2.63. The quantitative estimate of drug-likeness (QED) is 0.522. The van der Waals surface area contributed by atoms with Gasteiger partial charge in [-0.15, -0.1) is 0 Å². The summed E-state index contributed by atoms with van der Waals surface area (Å²) in [6.07, 6.45) is 13.3. The highest BCUT2D eigenvalue weighted by Crippen LogP contribution is 2.69. The summed E-state index contributed by atoms with van der Waals surface area (Å²) in [4.78, 5) is 0. The van der Waals surface area contributed by atoms with Crippen LogP contribution >= 0.6 is 0 Å². The Morgan fingerprint density at radius 2 is 1.74 bits per heavy atom. The second-order valence-electron chi connectivity index (χ2n) is 13.6. The maximum absolute atomic E-state index is 10.8. The summed E-state index contributed by atoms with van der Waals surface area (Å²) in [6.45, 7) is 12.0. The number of aliphatic hydroxyl groups is 2. The zero-order valence-electron chi connectivity index (χ0n) is 21.3. The summed E-state index contributed by atoms with van der Waals surface area (Å²) in [5, 5.41) is 21.1. The van der Waals surface area contributed by atoms with Crippen molar-refractivity contribution in [2.24, 2.45) is 46.3 Å². The molecule has 4 saturated carbocycles. The van der Waals surface area contributed by atoms with Gasteiger partial charge in [-0.2, -0.15) is 0 Å². The third-order valence-corrected chi connectivity index (χ3v) is 11.0. The zero-order valence-corrected chi connectivity index (χ0v) is 21.3. The Bertz CT molecular complexity index is 637. The molecule has 3 heteroatoms. The summed E-state index contributed by atoms with van der Waals surface area (Å²) in [7, 11) is 1.89. The predicted octanol–water partition coefficient (Wildman–Crippen LogP) is 6.21. The fourth-order valence-corrected chi connectivity index (χ4v) is 9.54. The maximum atomic E-state index is 10.8. The summed E-state index contributed by atoms with van der Waals surface area (Å²) in [6, 6.07) is 0. The number of hydrogen-bond donors (Lipinski definition) is 2. The first-order chi connectivity index (χ1) is 14.4. The number of hydrogen-bond acceptors (Lipinski definition) is 3. The SMILES string of the molecule is COC[C@]12CC[C@](C)(O)C[C@@H]1CC[C@@H]1[C@@H]2CC[C@]2(C)C([C@H](C)CCC(C)(C)O)CC[C@@H]12. The molecule has 4 aliphatic carbocycles. The lowest BCUT2D eigenvalue weighted by molar-refractivity contribution is -0.175. The van der Waals surface area contributed by atoms with Crippen LogP contribution in [0.25, 0.3) is 0 Å². The Kier molecular flexibility index (Phi) is 6.41. The van der Waals surface area contributed by atoms with E-state index in [4.69, 9.17) is 4.74 Å². The average molecular weight is 435 g/mol. The van der Waals surface area contributed by atoms with Gasteiger partial charge in [-0.05, 0) is 138 Å². The van der Waals surface area contributed by atoms with Crippen LogP contribution in [-0.4, -0.2) is 35.1 Å². The molecule has 4 rings (SSSR count). The van der Waals surface area contributed by atoms with Crippen molar-refractivity contribution >= 4 is 0 Å². The standard InChI is InChI=1S/C28H50O3/c1-19(11-13-25(2,3)29)22-9-10-23-21-8-7-20-17-26(4,30)15-16-28(20,18-31-6)24(21)12-14-27(22,23)5/h19-24,29-30H,7-18H2,1-6H3/t19-,20+,21+,22?,23+,24+,26+,27-,28-/m1/s1. The third kappa shape index (κ3) is 4.26. The maximum Gasteiger partial charge on any atom is 0.0622 e. The van der Waals surface area contributed by atoms with Crippen molar-refractivity contribution in [3.8, 4) is 0 Å². The molecule has 4 aliphatic rings. The molecular formula is C28H50O3. The topological polar surface area (TPSA) is 49.7 Å². The van der Waals surface area contributed by atoms with Gasteiger partial charge in [0.05, 0.1) is 17.8 Å². The average Bonchev–Trinajstić information content (AvgIpc) is 3.03. The largest absolute Gasteiger partial charge is 0.390 e. The van der Waals surface area contributed by atoms with E-state index in [-0.39, 0.29) is 0 Å². The van der Waals surface area contributed by atoms with Crippen LogP contribution in [0.5, 0.6) is 0 Å². The molecular weight excluding hydrogens is 384 g/mol. The monoisotopic (exact) mass is 434 g/mol. The number of ether oxygens (including phenoxy) is 1. The molecule has 31 heavy (non-hydrogen) atoms. The van der Waals surface area contributed by atoms with Crippen LogP contribution in [-0.2, 0) is 4.74 Å². The molecule has 1 unspecified atom stereocenters. The summed E-state index contributed by atoms with van der Waals surface area (Å²) in [5.41, 5.74) is -0.252. The van der Waals surface area contributed by atoms with Gasteiger partial charge < -0.3 is 14.9 Å². The van der Waals surface area contributed by atoms with Crippen molar-refractivity contribution < 1.29 is 14.9 Å². The summed E-state index contributed by atoms with van der Waals surface area (Å²) >= 11 is 0. The molecule has 0 aromatic heterocycles. The van der Waals surface area contributed by atoms with E-state index in [9.17, 15) is 10.2 Å². The van der Waals surface area contributed by atoms with Crippen LogP contribution in [0.2, 0.25) is 0 Å². The van der Waals surface area contributed by atoms with Crippen LogP contribution in [0, 0.1) is 46.3 Å². The number of fused-ring (bicyclic) bond motifs is 5. The van der Waals surface area contributed by atoms with Crippen LogP contribution in [0.15, 0.2) is 0 Å². The summed E-state index contributed by atoms with van der Waals surface area (Å²) in [5.74, 6) is 4.63. The third-order valence-electron chi connectivity index (χ3n) is 11.0. The van der Waals surface area contributed by atoms with Crippen molar-refractivity contribution in [1.82, 2.24) is 0 Å². The Balaban J connectivity index is 1.53. The Hall–Kier alpha value is -0.120. The van der Waals surface area contributed by atoms with Gasteiger partial charge in [0.15, 0.2) is 0 Å². The van der Waals surface area contributed by atoms with Crippen LogP contribution in [0.3, 0.4) is 0 Å². The van der Waals surface area contributed by atoms with E-state index in [0.29, 0.717) is 22.7 Å². The Labute approximate surface area is 191 Å². The van der Waals surface area contributed by atoms with Crippen LogP contribution in [0.4, 0.5) is 0 Å². The van der Waals surface area contributed by atoms with Crippen molar-refractivity contribution in [1.29, 1.82) is 0 Å². The molecule has 0 aromatic carbocycles. The molecule has 0 aliphatic heterocycles. The molecule has 0 spiro atoms. The molecule has 0 bridgehead atoms. The van der Waals surface area contributed by atoms with E-state index in [2.05, 4.69) is 20.8 Å². The molecule has 3 nitrogen and oxygen atoms in total.